The first kappa shape index (κ1) is 21.7. The van der Waals surface area contributed by atoms with E-state index in [4.69, 9.17) is 4.74 Å². The molecule has 0 saturated heterocycles. The maximum Gasteiger partial charge on any atom is 0.273 e. The summed E-state index contributed by atoms with van der Waals surface area (Å²) in [4.78, 5) is 10.6. The molecular weight excluding hydrogens is 380 g/mol. The highest BCUT2D eigenvalue weighted by Gasteiger charge is 2.23. The second-order valence-corrected chi connectivity index (χ2v) is 8.49. The fourth-order valence-electron chi connectivity index (χ4n) is 2.82. The van der Waals surface area contributed by atoms with Gasteiger partial charge in [-0.3, -0.25) is 14.4 Å². The number of benzene rings is 2. The number of sulfonamides is 1. The predicted molar refractivity (Wildman–Crippen MR) is 110 cm³/mol. The first-order valence-electron chi connectivity index (χ1n) is 9.25. The fraction of sp³-hybridized carbons (Fsp3) is 0.400. The molecule has 0 aliphatic heterocycles. The van der Waals surface area contributed by atoms with Gasteiger partial charge in [-0.15, -0.1) is 0 Å². The molecule has 0 bridgehead atoms. The van der Waals surface area contributed by atoms with E-state index in [-0.39, 0.29) is 18.0 Å². The lowest BCUT2D eigenvalue weighted by Crippen LogP contribution is -2.31. The Balaban J connectivity index is 2.34. The zero-order chi connectivity index (χ0) is 20.6. The van der Waals surface area contributed by atoms with Gasteiger partial charge in [0.25, 0.3) is 5.69 Å². The average Bonchev–Trinajstić information content (AvgIpc) is 2.66. The maximum atomic E-state index is 12.4. The summed E-state index contributed by atoms with van der Waals surface area (Å²) >= 11 is 0. The summed E-state index contributed by atoms with van der Waals surface area (Å²) in [7, 11) is -3.56. The Labute approximate surface area is 166 Å². The van der Waals surface area contributed by atoms with Gasteiger partial charge in [-0.2, -0.15) is 0 Å². The molecule has 8 heteroatoms. The van der Waals surface area contributed by atoms with Gasteiger partial charge in [-0.25, -0.2) is 8.42 Å². The van der Waals surface area contributed by atoms with Gasteiger partial charge in [0, 0.05) is 12.6 Å². The van der Waals surface area contributed by atoms with Crippen molar-refractivity contribution in [2.45, 2.75) is 39.2 Å². The lowest BCUT2D eigenvalue weighted by molar-refractivity contribution is -0.384. The van der Waals surface area contributed by atoms with Gasteiger partial charge in [-0.05, 0) is 18.1 Å². The van der Waals surface area contributed by atoms with E-state index in [1.807, 2.05) is 30.3 Å². The first-order chi connectivity index (χ1) is 13.3. The van der Waals surface area contributed by atoms with Gasteiger partial charge in [0.2, 0.25) is 10.0 Å². The summed E-state index contributed by atoms with van der Waals surface area (Å²) in [6, 6.07) is 13.4. The van der Waals surface area contributed by atoms with E-state index >= 15 is 0 Å². The largest absolute Gasteiger partial charge is 0.486 e. The van der Waals surface area contributed by atoms with Crippen LogP contribution < -0.4 is 9.04 Å². The molecule has 0 spiro atoms. The summed E-state index contributed by atoms with van der Waals surface area (Å²) < 4.78 is 31.8. The van der Waals surface area contributed by atoms with Crippen LogP contribution in [0.1, 0.15) is 38.2 Å². The molecule has 0 fully saturated rings. The van der Waals surface area contributed by atoms with Crippen molar-refractivity contribution in [3.05, 3.63) is 64.2 Å². The van der Waals surface area contributed by atoms with Crippen LogP contribution >= 0.6 is 0 Å². The monoisotopic (exact) mass is 406 g/mol. The second kappa shape index (κ2) is 10.1. The third-order valence-corrected chi connectivity index (χ3v) is 5.46. The lowest BCUT2D eigenvalue weighted by Gasteiger charge is -2.24. The zero-order valence-corrected chi connectivity index (χ0v) is 17.0. The van der Waals surface area contributed by atoms with Gasteiger partial charge in [-0.1, -0.05) is 56.5 Å². The number of anilines is 1. The summed E-state index contributed by atoms with van der Waals surface area (Å²) in [5.74, 6) is 0.180. The SMILES string of the molecule is CCCCCCN(c1ccc([N+](=O)[O-])cc1OCc1ccccc1)S(C)(=O)=O. The van der Waals surface area contributed by atoms with Gasteiger partial charge in [0.15, 0.2) is 5.75 Å². The van der Waals surface area contributed by atoms with E-state index in [0.29, 0.717) is 18.7 Å². The third-order valence-electron chi connectivity index (χ3n) is 4.28. The summed E-state index contributed by atoms with van der Waals surface area (Å²) in [5, 5.41) is 11.2. The van der Waals surface area contributed by atoms with E-state index in [2.05, 4.69) is 6.92 Å². The molecule has 2 rings (SSSR count). The molecule has 0 N–H and O–H groups in total. The van der Waals surface area contributed by atoms with E-state index < -0.39 is 14.9 Å². The topological polar surface area (TPSA) is 89.8 Å². The highest BCUT2D eigenvalue weighted by molar-refractivity contribution is 7.92. The minimum absolute atomic E-state index is 0.147. The maximum absolute atomic E-state index is 12.4. The number of non-ortho nitro benzene ring substituents is 1. The minimum atomic E-state index is -3.56. The number of nitrogens with zero attached hydrogens (tertiary/aromatic N) is 2. The van der Waals surface area contributed by atoms with Crippen LogP contribution in [0.4, 0.5) is 11.4 Å². The van der Waals surface area contributed by atoms with E-state index in [1.54, 1.807) is 0 Å². The molecule has 0 saturated carbocycles. The Kier molecular flexibility index (Phi) is 7.80. The van der Waals surface area contributed by atoms with Crippen molar-refractivity contribution in [3.8, 4) is 5.75 Å². The van der Waals surface area contributed by atoms with Crippen LogP contribution in [0.5, 0.6) is 5.75 Å². The molecule has 0 aliphatic rings. The molecule has 152 valence electrons. The van der Waals surface area contributed by atoms with Crippen LogP contribution in [0, 0.1) is 10.1 Å². The number of hydrogen-bond donors (Lipinski definition) is 0. The third kappa shape index (κ3) is 6.23. The van der Waals surface area contributed by atoms with Crippen LogP contribution in [0.3, 0.4) is 0 Å². The highest BCUT2D eigenvalue weighted by Crippen LogP contribution is 2.34. The number of rotatable bonds is 11. The van der Waals surface area contributed by atoms with Crippen LogP contribution in [-0.2, 0) is 16.6 Å². The quantitative estimate of drug-likeness (QED) is 0.311. The van der Waals surface area contributed by atoms with Gasteiger partial charge >= 0.3 is 0 Å². The number of hydrogen-bond acceptors (Lipinski definition) is 5. The van der Waals surface area contributed by atoms with Crippen molar-refractivity contribution in [2.75, 3.05) is 17.1 Å². The van der Waals surface area contributed by atoms with Crippen LogP contribution in [-0.4, -0.2) is 26.1 Å². The van der Waals surface area contributed by atoms with Crippen LogP contribution in [0.25, 0.3) is 0 Å². The molecule has 0 unspecified atom stereocenters. The van der Waals surface area contributed by atoms with Crippen molar-refractivity contribution >= 4 is 21.4 Å². The molecule has 0 aromatic heterocycles. The Morgan fingerprint density at radius 1 is 1.07 bits per heavy atom. The Morgan fingerprint density at radius 2 is 1.79 bits per heavy atom. The number of ether oxygens (including phenoxy) is 1. The van der Waals surface area contributed by atoms with Crippen molar-refractivity contribution in [3.63, 3.8) is 0 Å². The van der Waals surface area contributed by atoms with Gasteiger partial charge in [0.1, 0.15) is 6.61 Å². The Morgan fingerprint density at radius 3 is 2.39 bits per heavy atom. The highest BCUT2D eigenvalue weighted by atomic mass is 32.2. The Hall–Kier alpha value is -2.61. The van der Waals surface area contributed by atoms with Gasteiger partial charge < -0.3 is 4.74 Å². The number of nitro groups is 1. The summed E-state index contributed by atoms with van der Waals surface area (Å²) in [6.07, 6.45) is 4.82. The predicted octanol–water partition coefficient (Wildman–Crippen LogP) is 4.52. The molecule has 7 nitrogen and oxygen atoms in total. The van der Waals surface area contributed by atoms with Crippen molar-refractivity contribution in [2.24, 2.45) is 0 Å². The lowest BCUT2D eigenvalue weighted by atomic mass is 10.2. The second-order valence-electron chi connectivity index (χ2n) is 6.58. The van der Waals surface area contributed by atoms with Crippen molar-refractivity contribution in [1.29, 1.82) is 0 Å². The van der Waals surface area contributed by atoms with E-state index in [1.165, 1.54) is 22.5 Å². The van der Waals surface area contributed by atoms with Gasteiger partial charge in [0.05, 0.1) is 22.9 Å². The fourth-order valence-corrected chi connectivity index (χ4v) is 3.79. The molecule has 2 aromatic rings. The molecular formula is C20H26N2O5S. The molecule has 0 radical (unpaired) electrons. The molecule has 28 heavy (non-hydrogen) atoms. The molecule has 0 amide bonds. The summed E-state index contributed by atoms with van der Waals surface area (Å²) in [6.45, 7) is 2.57. The van der Waals surface area contributed by atoms with Crippen molar-refractivity contribution < 1.29 is 18.1 Å². The summed E-state index contributed by atoms with van der Waals surface area (Å²) in [5.41, 5.74) is 1.06. The normalized spacial score (nSPS) is 11.2. The van der Waals surface area contributed by atoms with E-state index in [9.17, 15) is 18.5 Å². The first-order valence-corrected chi connectivity index (χ1v) is 11.1. The van der Waals surface area contributed by atoms with Crippen LogP contribution in [0.2, 0.25) is 0 Å². The number of nitro benzene ring substituents is 1. The number of unbranched alkanes of at least 4 members (excludes halogenated alkanes) is 3. The van der Waals surface area contributed by atoms with Crippen LogP contribution in [0.15, 0.2) is 48.5 Å². The van der Waals surface area contributed by atoms with E-state index in [0.717, 1.165) is 31.1 Å². The molecule has 0 heterocycles. The molecule has 2 aromatic carbocycles. The Bertz CT molecular complexity index is 885. The molecule has 0 aliphatic carbocycles. The average molecular weight is 407 g/mol. The zero-order valence-electron chi connectivity index (χ0n) is 16.2. The standard InChI is InChI=1S/C20H26N2O5S/c1-3-4-5-9-14-21(28(2,25)26)19-13-12-18(22(23)24)15-20(19)27-16-17-10-7-6-8-11-17/h6-8,10-13,15H,3-5,9,14,16H2,1-2H3. The molecule has 0 atom stereocenters. The minimum Gasteiger partial charge on any atom is -0.486 e. The van der Waals surface area contributed by atoms with Crippen molar-refractivity contribution in [1.82, 2.24) is 0 Å². The smallest absolute Gasteiger partial charge is 0.273 e.